The van der Waals surface area contributed by atoms with E-state index in [-0.39, 0.29) is 5.69 Å². The Labute approximate surface area is 89.6 Å². The monoisotopic (exact) mass is 218 g/mol. The summed E-state index contributed by atoms with van der Waals surface area (Å²) in [6, 6.07) is 9.37. The van der Waals surface area contributed by atoms with Crippen molar-refractivity contribution in [1.29, 1.82) is 0 Å². The Kier molecular flexibility index (Phi) is 2.47. The Morgan fingerprint density at radius 3 is 2.56 bits per heavy atom. The van der Waals surface area contributed by atoms with E-state index >= 15 is 0 Å². The van der Waals surface area contributed by atoms with E-state index in [4.69, 9.17) is 0 Å². The van der Waals surface area contributed by atoms with Crippen LogP contribution in [0.25, 0.3) is 0 Å². The zero-order chi connectivity index (χ0) is 11.5. The Morgan fingerprint density at radius 2 is 2.00 bits per heavy atom. The lowest BCUT2D eigenvalue weighted by Crippen LogP contribution is -2.00. The fourth-order valence-electron chi connectivity index (χ4n) is 1.20. The quantitative estimate of drug-likeness (QED) is 0.445. The number of rotatable bonds is 3. The number of nitrogens with zero attached hydrogens (tertiary/aromatic N) is 2. The van der Waals surface area contributed by atoms with E-state index < -0.39 is 16.6 Å². The topological polar surface area (TPSA) is 86.2 Å². The van der Waals surface area contributed by atoms with Crippen molar-refractivity contribution in [2.45, 2.75) is 0 Å². The summed E-state index contributed by atoms with van der Waals surface area (Å²) in [5.41, 5.74) is 0.337. The van der Waals surface area contributed by atoms with E-state index in [9.17, 15) is 14.9 Å². The van der Waals surface area contributed by atoms with Crippen molar-refractivity contribution in [3.63, 3.8) is 0 Å². The molecule has 0 unspecified atom stereocenters. The van der Waals surface area contributed by atoms with Gasteiger partial charge in [0.05, 0.1) is 6.07 Å². The van der Waals surface area contributed by atoms with E-state index in [1.165, 1.54) is 0 Å². The Bertz CT molecular complexity index is 533. The number of hydrogen-bond donors (Lipinski definition) is 0. The van der Waals surface area contributed by atoms with Crippen molar-refractivity contribution in [1.82, 2.24) is 5.16 Å². The van der Waals surface area contributed by atoms with Crippen molar-refractivity contribution >= 4 is 11.7 Å². The van der Waals surface area contributed by atoms with Gasteiger partial charge in [0.15, 0.2) is 5.69 Å². The van der Waals surface area contributed by atoms with E-state index in [1.54, 1.807) is 30.3 Å². The minimum absolute atomic E-state index is 0.0714. The third-order valence-electron chi connectivity index (χ3n) is 1.95. The molecular weight excluding hydrogens is 212 g/mol. The zero-order valence-electron chi connectivity index (χ0n) is 7.99. The SMILES string of the molecule is O=C(c1ccccc1)c1cc([N+](=O)[O-])on1. The van der Waals surface area contributed by atoms with Crippen LogP contribution in [0.4, 0.5) is 5.88 Å². The minimum atomic E-state index is -0.741. The predicted octanol–water partition coefficient (Wildman–Crippen LogP) is 1.81. The van der Waals surface area contributed by atoms with Gasteiger partial charge in [0.2, 0.25) is 5.78 Å². The molecule has 6 heteroatoms. The first-order valence-electron chi connectivity index (χ1n) is 4.39. The maximum absolute atomic E-state index is 11.7. The number of nitro groups is 1. The van der Waals surface area contributed by atoms with Gasteiger partial charge in [-0.3, -0.25) is 19.4 Å². The van der Waals surface area contributed by atoms with Gasteiger partial charge in [0, 0.05) is 5.56 Å². The molecule has 0 saturated carbocycles. The second-order valence-electron chi connectivity index (χ2n) is 3.00. The summed E-state index contributed by atoms with van der Waals surface area (Å²) in [4.78, 5) is 21.3. The van der Waals surface area contributed by atoms with Gasteiger partial charge in [-0.25, -0.2) is 0 Å². The van der Waals surface area contributed by atoms with Crippen LogP contribution in [-0.4, -0.2) is 15.9 Å². The van der Waals surface area contributed by atoms with Crippen molar-refractivity contribution in [2.75, 3.05) is 0 Å². The molecular formula is C10H6N2O4. The summed E-state index contributed by atoms with van der Waals surface area (Å²) in [6.45, 7) is 0. The van der Waals surface area contributed by atoms with Gasteiger partial charge in [0.1, 0.15) is 4.92 Å². The number of carbonyl (C=O) groups excluding carboxylic acids is 1. The van der Waals surface area contributed by atoms with E-state index in [0.29, 0.717) is 5.56 Å². The average Bonchev–Trinajstić information content (AvgIpc) is 2.78. The molecule has 0 aliphatic carbocycles. The van der Waals surface area contributed by atoms with Gasteiger partial charge in [-0.05, 0) is 0 Å². The first-order valence-corrected chi connectivity index (χ1v) is 4.39. The summed E-state index contributed by atoms with van der Waals surface area (Å²) < 4.78 is 4.40. The molecule has 0 amide bonds. The summed E-state index contributed by atoms with van der Waals surface area (Å²) in [5.74, 6) is -0.947. The van der Waals surface area contributed by atoms with Gasteiger partial charge in [-0.1, -0.05) is 35.5 Å². The summed E-state index contributed by atoms with van der Waals surface area (Å²) in [7, 11) is 0. The maximum atomic E-state index is 11.7. The van der Waals surface area contributed by atoms with Gasteiger partial charge >= 0.3 is 5.88 Å². The van der Waals surface area contributed by atoms with Crippen molar-refractivity contribution < 1.29 is 14.2 Å². The summed E-state index contributed by atoms with van der Waals surface area (Å²) in [5, 5.41) is 13.7. The maximum Gasteiger partial charge on any atom is 0.456 e. The van der Waals surface area contributed by atoms with Crippen LogP contribution in [-0.2, 0) is 0 Å². The molecule has 0 aliphatic heterocycles. The van der Waals surface area contributed by atoms with Crippen LogP contribution in [0.15, 0.2) is 40.9 Å². The zero-order valence-corrected chi connectivity index (χ0v) is 7.99. The van der Waals surface area contributed by atoms with Crippen LogP contribution in [0, 0.1) is 10.1 Å². The summed E-state index contributed by atoms with van der Waals surface area (Å²) >= 11 is 0. The first-order chi connectivity index (χ1) is 7.68. The molecule has 2 aromatic rings. The third-order valence-corrected chi connectivity index (χ3v) is 1.95. The fourth-order valence-corrected chi connectivity index (χ4v) is 1.20. The van der Waals surface area contributed by atoms with Crippen LogP contribution in [0.5, 0.6) is 0 Å². The smallest absolute Gasteiger partial charge is 0.288 e. The standard InChI is InChI=1S/C10H6N2O4/c13-10(7-4-2-1-3-5-7)8-6-9(12(14)15)16-11-8/h1-6H. The summed E-state index contributed by atoms with van der Waals surface area (Å²) in [6.07, 6.45) is 0. The largest absolute Gasteiger partial charge is 0.456 e. The lowest BCUT2D eigenvalue weighted by atomic mass is 10.1. The minimum Gasteiger partial charge on any atom is -0.288 e. The molecule has 0 aliphatic rings. The molecule has 0 bridgehead atoms. The van der Waals surface area contributed by atoms with Crippen LogP contribution in [0.1, 0.15) is 16.1 Å². The van der Waals surface area contributed by atoms with Gasteiger partial charge in [-0.2, -0.15) is 0 Å². The van der Waals surface area contributed by atoms with Crippen LogP contribution < -0.4 is 0 Å². The van der Waals surface area contributed by atoms with Crippen molar-refractivity contribution in [2.24, 2.45) is 0 Å². The van der Waals surface area contributed by atoms with Crippen molar-refractivity contribution in [3.05, 3.63) is 57.8 Å². The highest BCUT2D eigenvalue weighted by atomic mass is 16.7. The number of aromatic nitrogens is 1. The Morgan fingerprint density at radius 1 is 1.31 bits per heavy atom. The van der Waals surface area contributed by atoms with Crippen molar-refractivity contribution in [3.8, 4) is 0 Å². The van der Waals surface area contributed by atoms with Gasteiger partial charge in [-0.15, -0.1) is 0 Å². The molecule has 16 heavy (non-hydrogen) atoms. The van der Waals surface area contributed by atoms with Crippen LogP contribution >= 0.6 is 0 Å². The van der Waals surface area contributed by atoms with E-state index in [1.807, 2.05) is 0 Å². The predicted molar refractivity (Wildman–Crippen MR) is 53.0 cm³/mol. The molecule has 0 N–H and O–H groups in total. The molecule has 80 valence electrons. The third kappa shape index (κ3) is 1.81. The highest BCUT2D eigenvalue weighted by Gasteiger charge is 2.19. The van der Waals surface area contributed by atoms with Crippen LogP contribution in [0.3, 0.4) is 0 Å². The van der Waals surface area contributed by atoms with Gasteiger partial charge < -0.3 is 0 Å². The fraction of sp³-hybridized carbons (Fsp3) is 0. The van der Waals surface area contributed by atoms with Gasteiger partial charge in [0.25, 0.3) is 0 Å². The normalized spacial score (nSPS) is 10.0. The number of hydrogen-bond acceptors (Lipinski definition) is 5. The molecule has 1 aromatic carbocycles. The number of ketones is 1. The molecule has 6 nitrogen and oxygen atoms in total. The lowest BCUT2D eigenvalue weighted by molar-refractivity contribution is -0.404. The molecule has 2 rings (SSSR count). The highest BCUT2D eigenvalue weighted by Crippen LogP contribution is 2.15. The second-order valence-corrected chi connectivity index (χ2v) is 3.00. The van der Waals surface area contributed by atoms with E-state index in [2.05, 4.69) is 9.68 Å². The Hall–Kier alpha value is -2.50. The molecule has 0 radical (unpaired) electrons. The number of carbonyl (C=O) groups is 1. The molecule has 1 heterocycles. The molecule has 1 aromatic heterocycles. The van der Waals surface area contributed by atoms with Crippen LogP contribution in [0.2, 0.25) is 0 Å². The first kappa shape index (κ1) is 10.0. The number of benzene rings is 1. The van der Waals surface area contributed by atoms with E-state index in [0.717, 1.165) is 6.07 Å². The second kappa shape index (κ2) is 3.93. The average molecular weight is 218 g/mol. The lowest BCUT2D eigenvalue weighted by Gasteiger charge is -1.93. The molecule has 0 spiro atoms. The molecule has 0 fully saturated rings. The highest BCUT2D eigenvalue weighted by molar-refractivity contribution is 6.07. The molecule has 0 atom stereocenters. The Balaban J connectivity index is 2.31. The molecule has 0 saturated heterocycles.